The third-order valence-corrected chi connectivity index (χ3v) is 5.26. The Labute approximate surface area is 134 Å². The maximum Gasteiger partial charge on any atom is 0.251 e. The molecule has 2 aromatic rings. The van der Waals surface area contributed by atoms with Crippen molar-refractivity contribution < 1.29 is 13.2 Å². The summed E-state index contributed by atoms with van der Waals surface area (Å²) < 4.78 is 27.1. The predicted octanol–water partition coefficient (Wildman–Crippen LogP) is 1.17. The molecule has 1 amide bonds. The molecule has 122 valence electrons. The van der Waals surface area contributed by atoms with Crippen LogP contribution in [0.15, 0.2) is 41.4 Å². The van der Waals surface area contributed by atoms with Crippen molar-refractivity contribution in [2.75, 3.05) is 0 Å². The first-order valence-corrected chi connectivity index (χ1v) is 8.92. The third-order valence-electron chi connectivity index (χ3n) is 3.86. The first kappa shape index (κ1) is 15.7. The molecule has 1 aromatic carbocycles. The average Bonchev–Trinajstić information content (AvgIpc) is 3.02. The SMILES string of the molecule is O=C(NC1CCC1)c1cccc(S(=O)(=O)NCc2ccn[nH]2)c1. The maximum atomic E-state index is 12.3. The Balaban J connectivity index is 1.71. The van der Waals surface area contributed by atoms with E-state index in [4.69, 9.17) is 0 Å². The molecule has 0 bridgehead atoms. The van der Waals surface area contributed by atoms with Gasteiger partial charge in [0.15, 0.2) is 0 Å². The minimum Gasteiger partial charge on any atom is -0.349 e. The lowest BCUT2D eigenvalue weighted by Crippen LogP contribution is -2.39. The molecule has 3 N–H and O–H groups in total. The van der Waals surface area contributed by atoms with Crippen LogP contribution in [0.3, 0.4) is 0 Å². The van der Waals surface area contributed by atoms with Crippen LogP contribution in [-0.4, -0.2) is 30.6 Å². The zero-order valence-corrected chi connectivity index (χ0v) is 13.3. The highest BCUT2D eigenvalue weighted by Gasteiger charge is 2.21. The molecule has 0 saturated heterocycles. The number of aromatic amines is 1. The quantitative estimate of drug-likeness (QED) is 0.737. The van der Waals surface area contributed by atoms with Gasteiger partial charge >= 0.3 is 0 Å². The lowest BCUT2D eigenvalue weighted by Gasteiger charge is -2.26. The van der Waals surface area contributed by atoms with E-state index in [0.29, 0.717) is 11.3 Å². The lowest BCUT2D eigenvalue weighted by molar-refractivity contribution is 0.0916. The van der Waals surface area contributed by atoms with Crippen molar-refractivity contribution in [3.8, 4) is 0 Å². The van der Waals surface area contributed by atoms with Gasteiger partial charge in [-0.2, -0.15) is 5.10 Å². The van der Waals surface area contributed by atoms with Gasteiger partial charge in [0.1, 0.15) is 0 Å². The molecule has 0 spiro atoms. The molecule has 0 radical (unpaired) electrons. The van der Waals surface area contributed by atoms with Crippen LogP contribution < -0.4 is 10.0 Å². The summed E-state index contributed by atoms with van der Waals surface area (Å²) in [6.07, 6.45) is 4.64. The second kappa shape index (κ2) is 6.51. The normalized spacial score (nSPS) is 15.1. The van der Waals surface area contributed by atoms with Crippen LogP contribution in [0.5, 0.6) is 0 Å². The number of rotatable bonds is 6. The number of sulfonamides is 1. The van der Waals surface area contributed by atoms with E-state index >= 15 is 0 Å². The summed E-state index contributed by atoms with van der Waals surface area (Å²) in [7, 11) is -3.69. The topological polar surface area (TPSA) is 104 Å². The van der Waals surface area contributed by atoms with Crippen LogP contribution in [0.25, 0.3) is 0 Å². The number of H-pyrrole nitrogens is 1. The minimum absolute atomic E-state index is 0.0678. The molecule has 1 heterocycles. The summed E-state index contributed by atoms with van der Waals surface area (Å²) in [5.74, 6) is -0.236. The lowest BCUT2D eigenvalue weighted by atomic mass is 9.93. The molecule has 1 aliphatic carbocycles. The van der Waals surface area contributed by atoms with Crippen molar-refractivity contribution >= 4 is 15.9 Å². The fourth-order valence-corrected chi connectivity index (χ4v) is 3.32. The van der Waals surface area contributed by atoms with Crippen LogP contribution in [0.2, 0.25) is 0 Å². The summed E-state index contributed by atoms with van der Waals surface area (Å²) in [4.78, 5) is 12.2. The highest BCUT2D eigenvalue weighted by Crippen LogP contribution is 2.19. The maximum absolute atomic E-state index is 12.3. The second-order valence-electron chi connectivity index (χ2n) is 5.54. The second-order valence-corrected chi connectivity index (χ2v) is 7.30. The van der Waals surface area contributed by atoms with E-state index in [2.05, 4.69) is 20.2 Å². The number of nitrogens with zero attached hydrogens (tertiary/aromatic N) is 1. The molecule has 0 aliphatic heterocycles. The number of nitrogens with one attached hydrogen (secondary N) is 3. The standard InChI is InChI=1S/C15H18N4O3S/c20-15(18-12-4-2-5-12)11-3-1-6-14(9-11)23(21,22)17-10-13-7-8-16-19-13/h1,3,6-9,12,17H,2,4-5,10H2,(H,16,19)(H,18,20). The molecule has 1 fully saturated rings. The molecular formula is C15H18N4O3S. The van der Waals surface area contributed by atoms with Gasteiger partial charge < -0.3 is 5.32 Å². The van der Waals surface area contributed by atoms with Crippen LogP contribution >= 0.6 is 0 Å². The number of hydrogen-bond donors (Lipinski definition) is 3. The smallest absolute Gasteiger partial charge is 0.251 e. The van der Waals surface area contributed by atoms with Gasteiger partial charge in [-0.1, -0.05) is 6.07 Å². The van der Waals surface area contributed by atoms with Gasteiger partial charge in [0.2, 0.25) is 10.0 Å². The van der Waals surface area contributed by atoms with Crippen molar-refractivity contribution in [3.05, 3.63) is 47.8 Å². The third kappa shape index (κ3) is 3.77. The van der Waals surface area contributed by atoms with Gasteiger partial charge in [-0.3, -0.25) is 9.89 Å². The van der Waals surface area contributed by atoms with E-state index in [-0.39, 0.29) is 23.4 Å². The van der Waals surface area contributed by atoms with Crippen molar-refractivity contribution in [3.63, 3.8) is 0 Å². The van der Waals surface area contributed by atoms with Gasteiger partial charge in [-0.15, -0.1) is 0 Å². The summed E-state index contributed by atoms with van der Waals surface area (Å²) in [5, 5.41) is 9.34. The van der Waals surface area contributed by atoms with Crippen molar-refractivity contribution in [1.29, 1.82) is 0 Å². The summed E-state index contributed by atoms with van der Waals surface area (Å²) in [6.45, 7) is 0.112. The highest BCUT2D eigenvalue weighted by atomic mass is 32.2. The van der Waals surface area contributed by atoms with E-state index < -0.39 is 10.0 Å². The van der Waals surface area contributed by atoms with Gasteiger partial charge in [0.05, 0.1) is 17.1 Å². The molecular weight excluding hydrogens is 316 g/mol. The van der Waals surface area contributed by atoms with Gasteiger partial charge in [-0.05, 0) is 43.5 Å². The summed E-state index contributed by atoms with van der Waals surface area (Å²) >= 11 is 0. The zero-order valence-electron chi connectivity index (χ0n) is 12.5. The first-order valence-electron chi connectivity index (χ1n) is 7.43. The Bertz CT molecular complexity index is 783. The fraction of sp³-hybridized carbons (Fsp3) is 0.333. The van der Waals surface area contributed by atoms with Crippen molar-refractivity contribution in [2.24, 2.45) is 0 Å². The minimum atomic E-state index is -3.69. The number of hydrogen-bond acceptors (Lipinski definition) is 4. The molecule has 1 aromatic heterocycles. The summed E-state index contributed by atoms with van der Waals surface area (Å²) in [5.41, 5.74) is 1.01. The van der Waals surface area contributed by atoms with E-state index in [1.165, 1.54) is 12.1 Å². The molecule has 3 rings (SSSR count). The monoisotopic (exact) mass is 334 g/mol. The van der Waals surface area contributed by atoms with Crippen LogP contribution in [-0.2, 0) is 16.6 Å². The molecule has 8 heteroatoms. The molecule has 23 heavy (non-hydrogen) atoms. The fourth-order valence-electron chi connectivity index (χ4n) is 2.27. The van der Waals surface area contributed by atoms with E-state index in [1.54, 1.807) is 24.4 Å². The van der Waals surface area contributed by atoms with Gasteiger partial charge in [0.25, 0.3) is 5.91 Å². The Hall–Kier alpha value is -2.19. The molecule has 0 unspecified atom stereocenters. The largest absolute Gasteiger partial charge is 0.349 e. The molecule has 1 aliphatic rings. The van der Waals surface area contributed by atoms with Crippen LogP contribution in [0.1, 0.15) is 35.3 Å². The van der Waals surface area contributed by atoms with Gasteiger partial charge in [0, 0.05) is 17.8 Å². The number of carbonyl (C=O) groups excluding carboxylic acids is 1. The molecule has 7 nitrogen and oxygen atoms in total. The Morgan fingerprint density at radius 1 is 1.30 bits per heavy atom. The zero-order chi connectivity index (χ0) is 16.3. The number of benzene rings is 1. The van der Waals surface area contributed by atoms with Crippen LogP contribution in [0.4, 0.5) is 0 Å². The first-order chi connectivity index (χ1) is 11.0. The molecule has 0 atom stereocenters. The average molecular weight is 334 g/mol. The van der Waals surface area contributed by atoms with Gasteiger partial charge in [-0.25, -0.2) is 13.1 Å². The van der Waals surface area contributed by atoms with E-state index in [9.17, 15) is 13.2 Å². The Morgan fingerprint density at radius 2 is 2.13 bits per heavy atom. The van der Waals surface area contributed by atoms with Crippen molar-refractivity contribution in [2.45, 2.75) is 36.7 Å². The van der Waals surface area contributed by atoms with E-state index in [1.807, 2.05) is 0 Å². The number of carbonyl (C=O) groups is 1. The number of aromatic nitrogens is 2. The summed E-state index contributed by atoms with van der Waals surface area (Å²) in [6, 6.07) is 7.94. The van der Waals surface area contributed by atoms with E-state index in [0.717, 1.165) is 19.3 Å². The number of amides is 1. The van der Waals surface area contributed by atoms with Crippen molar-refractivity contribution in [1.82, 2.24) is 20.2 Å². The predicted molar refractivity (Wildman–Crippen MR) is 84.2 cm³/mol. The Morgan fingerprint density at radius 3 is 2.78 bits per heavy atom. The Kier molecular flexibility index (Phi) is 4.44. The van der Waals surface area contributed by atoms with Crippen LogP contribution in [0, 0.1) is 0 Å². The highest BCUT2D eigenvalue weighted by molar-refractivity contribution is 7.89. The molecule has 1 saturated carbocycles.